The highest BCUT2D eigenvalue weighted by Crippen LogP contribution is 2.29. The van der Waals surface area contributed by atoms with Crippen molar-refractivity contribution in [2.45, 2.75) is 31.5 Å². The SMILES string of the molecule is CC[C@H](C)NC(=O)NC(=O)CSc1nnc(-c2c[nH]c3ccccc23)o1. The van der Waals surface area contributed by atoms with Crippen LogP contribution >= 0.6 is 11.8 Å². The molecule has 136 valence electrons. The molecule has 8 nitrogen and oxygen atoms in total. The molecule has 3 aromatic rings. The van der Waals surface area contributed by atoms with Crippen LogP contribution in [0.2, 0.25) is 0 Å². The molecule has 0 aliphatic rings. The molecule has 0 bridgehead atoms. The molecular formula is C17H19N5O3S. The number of hydrogen-bond acceptors (Lipinski definition) is 6. The van der Waals surface area contributed by atoms with Gasteiger partial charge in [-0.2, -0.15) is 0 Å². The van der Waals surface area contributed by atoms with Crippen molar-refractivity contribution in [3.05, 3.63) is 30.5 Å². The van der Waals surface area contributed by atoms with Crippen molar-refractivity contribution < 1.29 is 14.0 Å². The van der Waals surface area contributed by atoms with Gasteiger partial charge in [0.2, 0.25) is 5.91 Å². The topological polar surface area (TPSA) is 113 Å². The lowest BCUT2D eigenvalue weighted by molar-refractivity contribution is -0.117. The summed E-state index contributed by atoms with van der Waals surface area (Å²) < 4.78 is 5.61. The van der Waals surface area contributed by atoms with Crippen molar-refractivity contribution >= 4 is 34.6 Å². The Morgan fingerprint density at radius 1 is 1.31 bits per heavy atom. The number of rotatable bonds is 6. The molecule has 0 aliphatic carbocycles. The average Bonchev–Trinajstić information content (AvgIpc) is 3.26. The third-order valence-electron chi connectivity index (χ3n) is 3.80. The van der Waals surface area contributed by atoms with Crippen molar-refractivity contribution in [2.75, 3.05) is 5.75 Å². The van der Waals surface area contributed by atoms with Crippen molar-refractivity contribution in [1.29, 1.82) is 0 Å². The smallest absolute Gasteiger partial charge is 0.321 e. The van der Waals surface area contributed by atoms with Crippen molar-refractivity contribution in [3.63, 3.8) is 0 Å². The van der Waals surface area contributed by atoms with Gasteiger partial charge in [-0.3, -0.25) is 10.1 Å². The summed E-state index contributed by atoms with van der Waals surface area (Å²) in [5.74, 6) is -0.0498. The fraction of sp³-hybridized carbons (Fsp3) is 0.294. The van der Waals surface area contributed by atoms with Crippen molar-refractivity contribution in [1.82, 2.24) is 25.8 Å². The Hall–Kier alpha value is -2.81. The first-order valence-corrected chi connectivity index (χ1v) is 9.18. The van der Waals surface area contributed by atoms with Crippen molar-refractivity contribution in [3.8, 4) is 11.5 Å². The van der Waals surface area contributed by atoms with Crippen LogP contribution in [0.25, 0.3) is 22.4 Å². The van der Waals surface area contributed by atoms with Gasteiger partial charge < -0.3 is 14.7 Å². The number of fused-ring (bicyclic) bond motifs is 1. The molecular weight excluding hydrogens is 354 g/mol. The molecule has 0 radical (unpaired) electrons. The number of para-hydroxylation sites is 1. The zero-order valence-corrected chi connectivity index (χ0v) is 15.2. The fourth-order valence-corrected chi connectivity index (χ4v) is 2.84. The Balaban J connectivity index is 1.57. The second kappa shape index (κ2) is 8.05. The zero-order chi connectivity index (χ0) is 18.5. The van der Waals surface area contributed by atoms with E-state index in [2.05, 4.69) is 25.8 Å². The third kappa shape index (κ3) is 4.23. The maximum Gasteiger partial charge on any atom is 0.321 e. The lowest BCUT2D eigenvalue weighted by Gasteiger charge is -2.11. The quantitative estimate of drug-likeness (QED) is 0.573. The van der Waals surface area contributed by atoms with Gasteiger partial charge in [-0.05, 0) is 19.4 Å². The number of benzene rings is 1. The Kier molecular flexibility index (Phi) is 5.57. The van der Waals surface area contributed by atoms with E-state index in [0.29, 0.717) is 5.89 Å². The largest absolute Gasteiger partial charge is 0.411 e. The number of carbonyl (C=O) groups is 2. The zero-order valence-electron chi connectivity index (χ0n) is 14.4. The highest BCUT2D eigenvalue weighted by molar-refractivity contribution is 7.99. The van der Waals surface area contributed by atoms with E-state index in [1.165, 1.54) is 0 Å². The van der Waals surface area contributed by atoms with Crippen LogP contribution in [0.3, 0.4) is 0 Å². The van der Waals surface area contributed by atoms with E-state index in [1.807, 2.05) is 38.1 Å². The van der Waals surface area contributed by atoms with E-state index < -0.39 is 11.9 Å². The molecule has 3 rings (SSSR count). The lowest BCUT2D eigenvalue weighted by atomic mass is 10.2. The first-order chi connectivity index (χ1) is 12.6. The number of aromatic amines is 1. The summed E-state index contributed by atoms with van der Waals surface area (Å²) in [7, 11) is 0. The monoisotopic (exact) mass is 373 g/mol. The molecule has 0 fully saturated rings. The van der Waals surface area contributed by atoms with E-state index in [1.54, 1.807) is 6.20 Å². The third-order valence-corrected chi connectivity index (χ3v) is 4.61. The molecule has 1 aromatic carbocycles. The minimum atomic E-state index is -0.505. The van der Waals surface area contributed by atoms with Crippen LogP contribution in [0, 0.1) is 0 Å². The predicted octanol–water partition coefficient (Wildman–Crippen LogP) is 2.93. The number of nitrogens with one attached hydrogen (secondary N) is 3. The average molecular weight is 373 g/mol. The molecule has 0 saturated carbocycles. The van der Waals surface area contributed by atoms with Gasteiger partial charge in [0, 0.05) is 23.1 Å². The highest BCUT2D eigenvalue weighted by Gasteiger charge is 2.15. The van der Waals surface area contributed by atoms with Gasteiger partial charge in [0.05, 0.1) is 11.3 Å². The molecule has 26 heavy (non-hydrogen) atoms. The second-order valence-electron chi connectivity index (χ2n) is 5.74. The summed E-state index contributed by atoms with van der Waals surface area (Å²) in [6.07, 6.45) is 2.59. The van der Waals surface area contributed by atoms with E-state index >= 15 is 0 Å². The number of hydrogen-bond donors (Lipinski definition) is 3. The van der Waals surface area contributed by atoms with Crippen LogP contribution < -0.4 is 10.6 Å². The predicted molar refractivity (Wildman–Crippen MR) is 98.7 cm³/mol. The minimum Gasteiger partial charge on any atom is -0.411 e. The molecule has 0 aliphatic heterocycles. The molecule has 2 heterocycles. The van der Waals surface area contributed by atoms with Gasteiger partial charge in [-0.15, -0.1) is 10.2 Å². The second-order valence-corrected chi connectivity index (χ2v) is 6.67. The van der Waals surface area contributed by atoms with E-state index in [9.17, 15) is 9.59 Å². The Bertz CT molecular complexity index is 920. The molecule has 0 saturated heterocycles. The minimum absolute atomic E-state index is 0.00342. The van der Waals surface area contributed by atoms with Gasteiger partial charge in [0.1, 0.15) is 0 Å². The molecule has 0 unspecified atom stereocenters. The number of thioether (sulfide) groups is 1. The molecule has 3 N–H and O–H groups in total. The molecule has 2 aromatic heterocycles. The molecule has 3 amide bonds. The highest BCUT2D eigenvalue weighted by atomic mass is 32.2. The number of carbonyl (C=O) groups excluding carboxylic acids is 2. The van der Waals surface area contributed by atoms with Crippen LogP contribution in [0.5, 0.6) is 0 Å². The van der Waals surface area contributed by atoms with Gasteiger partial charge >= 0.3 is 6.03 Å². The Morgan fingerprint density at radius 3 is 2.92 bits per heavy atom. The maximum absolute atomic E-state index is 11.8. The van der Waals surface area contributed by atoms with Crippen LogP contribution in [0.15, 0.2) is 40.1 Å². The van der Waals surface area contributed by atoms with Gasteiger partial charge in [-0.1, -0.05) is 36.9 Å². The van der Waals surface area contributed by atoms with E-state index in [0.717, 1.165) is 34.6 Å². The normalized spacial score (nSPS) is 12.1. The number of amides is 3. The van der Waals surface area contributed by atoms with Crippen LogP contribution in [-0.4, -0.2) is 38.9 Å². The van der Waals surface area contributed by atoms with Crippen molar-refractivity contribution in [2.24, 2.45) is 0 Å². The van der Waals surface area contributed by atoms with Gasteiger partial charge in [-0.25, -0.2) is 4.79 Å². The number of aromatic nitrogens is 3. The number of H-pyrrole nitrogens is 1. The molecule has 1 atom stereocenters. The molecule has 9 heteroatoms. The first-order valence-electron chi connectivity index (χ1n) is 8.20. The van der Waals surface area contributed by atoms with Gasteiger partial charge in [0.15, 0.2) is 0 Å². The summed E-state index contributed by atoms with van der Waals surface area (Å²) >= 11 is 1.08. The van der Waals surface area contributed by atoms with Gasteiger partial charge in [0.25, 0.3) is 11.1 Å². The van der Waals surface area contributed by atoms with Crippen LogP contribution in [-0.2, 0) is 4.79 Å². The lowest BCUT2D eigenvalue weighted by Crippen LogP contribution is -2.43. The Morgan fingerprint density at radius 2 is 2.12 bits per heavy atom. The number of urea groups is 1. The first kappa shape index (κ1) is 18.0. The summed E-state index contributed by atoms with van der Waals surface area (Å²) in [4.78, 5) is 26.6. The summed E-state index contributed by atoms with van der Waals surface area (Å²) in [6, 6.07) is 7.29. The van der Waals surface area contributed by atoms with E-state index in [4.69, 9.17) is 4.42 Å². The number of nitrogens with zero attached hydrogens (tertiary/aromatic N) is 2. The van der Waals surface area contributed by atoms with Crippen LogP contribution in [0.4, 0.5) is 4.79 Å². The van der Waals surface area contributed by atoms with Crippen LogP contribution in [0.1, 0.15) is 20.3 Å². The number of imide groups is 1. The maximum atomic E-state index is 11.8. The molecule has 0 spiro atoms. The Labute approximate surface area is 154 Å². The summed E-state index contributed by atoms with van der Waals surface area (Å²) in [5.41, 5.74) is 1.78. The fourth-order valence-electron chi connectivity index (χ4n) is 2.28. The summed E-state index contributed by atoms with van der Waals surface area (Å²) in [5, 5.41) is 14.2. The van der Waals surface area contributed by atoms with E-state index in [-0.39, 0.29) is 17.0 Å². The summed E-state index contributed by atoms with van der Waals surface area (Å²) in [6.45, 7) is 3.81. The standard InChI is InChI=1S/C17H19N5O3S/c1-3-10(2)19-16(24)20-14(23)9-26-17-22-21-15(25-17)12-8-18-13-7-5-4-6-11(12)13/h4-8,10,18H,3,9H2,1-2H3,(H2,19,20,23,24)/t10-/m0/s1.